The Morgan fingerprint density at radius 1 is 0.403 bits per heavy atom. The minimum atomic E-state index is -0.865. The molecule has 0 spiro atoms. The Hall–Kier alpha value is -8.48. The van der Waals surface area contributed by atoms with Crippen LogP contribution in [0.5, 0.6) is 11.5 Å². The minimum Gasteiger partial charge on any atom is -0.508 e. The number of phenols is 1. The molecule has 25 nitrogen and oxygen atoms in total. The number of benzene rings is 3. The highest BCUT2D eigenvalue weighted by Crippen LogP contribution is 2.45. The van der Waals surface area contributed by atoms with Crippen LogP contribution < -0.4 is 53.0 Å². The molecule has 18 rings (SSSR count). The molecule has 0 radical (unpaired) electrons. The highest BCUT2D eigenvalue weighted by Gasteiger charge is 2.49. The fraction of sp³-hybridized carbons (Fsp3) is 0.551. The number of likely N-dealkylation sites (N-methyl/N-ethyl adjacent to an activating group) is 6. The van der Waals surface area contributed by atoms with E-state index >= 15 is 0 Å². The van der Waals surface area contributed by atoms with Gasteiger partial charge < -0.3 is 58.1 Å². The fourth-order valence-electron chi connectivity index (χ4n) is 21.1. The molecule has 0 amide bonds. The van der Waals surface area contributed by atoms with Crippen molar-refractivity contribution in [2.45, 2.75) is 315 Å². The molecule has 6 heterocycles. The van der Waals surface area contributed by atoms with Gasteiger partial charge in [0, 0.05) is 93.5 Å². The number of para-hydroxylation sites is 1. The lowest BCUT2D eigenvalue weighted by Gasteiger charge is -2.38. The molecule has 9 fully saturated rings. The van der Waals surface area contributed by atoms with E-state index in [9.17, 15) is 52.6 Å². The molecule has 32 heteroatoms. The zero-order valence-electron chi connectivity index (χ0n) is 82.9. The first-order chi connectivity index (χ1) is 67.2. The van der Waals surface area contributed by atoms with Gasteiger partial charge in [-0.2, -0.15) is 15.7 Å². The van der Waals surface area contributed by atoms with Crippen molar-refractivity contribution in [2.75, 3.05) is 62.5 Å². The van der Waals surface area contributed by atoms with Crippen LogP contribution in [0.2, 0.25) is 5.15 Å². The van der Waals surface area contributed by atoms with Crippen LogP contribution in [0.3, 0.4) is 0 Å². The number of nitrogens with two attached hydrogens (primary N) is 1. The first kappa shape index (κ1) is 112. The van der Waals surface area contributed by atoms with Crippen molar-refractivity contribution in [3.05, 3.63) is 213 Å². The molecular weight excluding hydrogens is 1870 g/mol. The summed E-state index contributed by atoms with van der Waals surface area (Å²) in [5.41, 5.74) is 12.3. The number of Topliss-reactive ketones (excluding diaryl/α,β-unsaturated/α-hetero) is 9. The normalized spacial score (nSPS) is 26.3. The number of aryl methyl sites for hydroxylation is 1. The maximum atomic E-state index is 13.4. The van der Waals surface area contributed by atoms with Gasteiger partial charge in [-0.05, 0) is 260 Å². The van der Waals surface area contributed by atoms with Crippen LogP contribution in [0.4, 0.5) is 4.39 Å². The Balaban J connectivity index is 0.000000161. The Morgan fingerprint density at radius 3 is 1.25 bits per heavy atom. The largest absolute Gasteiger partial charge is 0.508 e. The molecule has 11 N–H and O–H groups in total. The number of methoxy groups -OCH3 is 1. The molecular formula is C107H146ClFN14O11S5. The number of nitrogens with one attached hydrogen (secondary N) is 8. The van der Waals surface area contributed by atoms with Crippen LogP contribution >= 0.6 is 68.3 Å². The zero-order chi connectivity index (χ0) is 100. The third kappa shape index (κ3) is 26.4. The van der Waals surface area contributed by atoms with Crippen molar-refractivity contribution in [3.63, 3.8) is 0 Å². The summed E-state index contributed by atoms with van der Waals surface area (Å²) in [6, 6.07) is 29.2. The fourth-order valence-corrected chi connectivity index (χ4v) is 25.8. The van der Waals surface area contributed by atoms with Crippen LogP contribution in [0.15, 0.2) is 148 Å². The predicted molar refractivity (Wildman–Crippen MR) is 556 cm³/mol. The zero-order valence-corrected chi connectivity index (χ0v) is 87.7. The van der Waals surface area contributed by atoms with Crippen LogP contribution in [0.25, 0.3) is 0 Å². The van der Waals surface area contributed by atoms with Gasteiger partial charge in [-0.1, -0.05) is 144 Å². The van der Waals surface area contributed by atoms with E-state index in [-0.39, 0.29) is 28.6 Å². The van der Waals surface area contributed by atoms with Gasteiger partial charge >= 0.3 is 0 Å². The Labute approximate surface area is 846 Å². The number of thiophene rings is 1. The highest BCUT2D eigenvalue weighted by atomic mass is 35.5. The summed E-state index contributed by atoms with van der Waals surface area (Å²) in [4.78, 5) is 131. The van der Waals surface area contributed by atoms with Gasteiger partial charge in [-0.3, -0.25) is 53.1 Å². The average Bonchev–Trinajstić information content (AvgIpc) is 1.63. The molecule has 0 unspecified atom stereocenters. The van der Waals surface area contributed by atoms with Crippen LogP contribution in [-0.4, -0.2) is 145 Å². The van der Waals surface area contributed by atoms with Gasteiger partial charge in [0.25, 0.3) is 0 Å². The summed E-state index contributed by atoms with van der Waals surface area (Å²) in [5.74, 6) is 2.84. The summed E-state index contributed by atoms with van der Waals surface area (Å²) < 4.78 is 18.6. The number of thiazole rings is 4. The van der Waals surface area contributed by atoms with E-state index in [0.717, 1.165) is 230 Å². The van der Waals surface area contributed by atoms with Crippen molar-refractivity contribution in [2.24, 2.45) is 5.73 Å². The standard InChI is InChI=1S/C16H23NO2.C16H23NO.C13H17NO2.C12H16N2O.C11H15NOS.C10H13FN2OS.2C10H14N2OS.C9H11ClN2OS/c1-3-12-17-16(11-5-4-6-15(16)18)13-7-9-14(19-2)10-8-13;1-3-12-17-16(11-7-6-10-15(16)18)14-9-5-4-8-13(14)2;1-14-13(9-5-4-8-12(13)16)10-6-2-3-7-11(10)15;1-13-12(7-3-2-6-11(12)15)10-5-4-8-14-9-10;1-12-11(9-5-7-14-8-9)6-3-2-4-10(11)13;1-12-10(5-3-2-4-7(10)14)8-9(11)13-6-15-8;1-11-10(9-6-12-7-14-9)5-3-2-4-8(10)13;1-11-10(9-12-6-7-14-9)5-3-2-4-8(10)13;10-8-7(14-5-12-8)9(11)4-2-1-3-6(9)13/h7-10,17H,3-6,11-12H2,1-2H3;4-5,8-9,17H,3,6-7,10-12H2,1-2H3;2-3,6-7,14-15H,4-5,8-9H2,1H3;4-5,8-9,13H,2-3,6-7H2,1H3;5,7-8,12H,2-4,6H2,1H3;6,12H,2-5H2,1H3;2*6-7,11H,2-5H2,1H3;5H,1-4,11H2/t2*16-;13-;12-;11-;3*10-;9-/m000001111/s1. The highest BCUT2D eigenvalue weighted by molar-refractivity contribution is 7.11. The van der Waals surface area contributed by atoms with Gasteiger partial charge in [0.1, 0.15) is 71.5 Å². The third-order valence-corrected chi connectivity index (χ3v) is 34.2. The SMILES string of the molecule is CCCN[C@]1(c2ccc(OC)cc2)CCCCC1=O.CCCN[C@]1(c2ccccc2C)CCCCC1=O.CN[C@]1(c2ccccc2O)CCCCC1=O.CN[C@]1(c2cccnc2)CCCCC1=O.CN[C@]1(c2ccsc2)CCCCC1=O.CN[C@]1(c2cncs2)CCCCC1=O.CN[C@]1(c2nccs2)CCCCC1=O.CN[C@]1(c2scnc2F)CCCCC1=O.N[C@]1(c2scnc2Cl)CCCCC1=O. The number of phenolic OH excluding ortho intramolecular Hbond substituents is 1. The molecule has 3 aromatic carbocycles. The first-order valence-corrected chi connectivity index (χ1v) is 54.6. The van der Waals surface area contributed by atoms with Crippen molar-refractivity contribution < 1.29 is 57.4 Å². The van der Waals surface area contributed by atoms with E-state index in [0.29, 0.717) is 115 Å². The van der Waals surface area contributed by atoms with E-state index in [4.69, 9.17) is 22.1 Å². The van der Waals surface area contributed by atoms with E-state index in [2.05, 4.69) is 112 Å². The molecule has 9 aliphatic rings. The number of halogens is 2. The number of aromatic hydroxyl groups is 1. The summed E-state index contributed by atoms with van der Waals surface area (Å²) >= 11 is 13.3. The molecule has 6 aromatic heterocycles. The molecule has 139 heavy (non-hydrogen) atoms. The van der Waals surface area contributed by atoms with E-state index in [1.54, 1.807) is 97.0 Å². The van der Waals surface area contributed by atoms with Gasteiger partial charge in [0.05, 0.1) is 38.3 Å². The van der Waals surface area contributed by atoms with Gasteiger partial charge in [-0.25, -0.2) is 15.0 Å². The molecule has 9 aromatic rings. The molecule has 0 aliphatic heterocycles. The van der Waals surface area contributed by atoms with E-state index in [1.807, 2.05) is 106 Å². The molecule has 9 aliphatic carbocycles. The second kappa shape index (κ2) is 54.3. The number of hydrogen-bond acceptors (Lipinski definition) is 30. The summed E-state index contributed by atoms with van der Waals surface area (Å²) in [7, 11) is 12.6. The number of ketones is 9. The number of carbonyl (C=O) groups is 9. The van der Waals surface area contributed by atoms with Crippen LogP contribution in [0, 0.1) is 12.9 Å². The van der Waals surface area contributed by atoms with Crippen LogP contribution in [-0.2, 0) is 93.0 Å². The maximum Gasteiger partial charge on any atom is 0.229 e. The molecule has 0 bridgehead atoms. The Kier molecular flexibility index (Phi) is 43.9. The third-order valence-electron chi connectivity index (χ3n) is 29.3. The number of aromatic nitrogens is 5. The van der Waals surface area contributed by atoms with Crippen molar-refractivity contribution >= 4 is 120 Å². The van der Waals surface area contributed by atoms with Gasteiger partial charge in [0.2, 0.25) is 5.95 Å². The number of pyridine rings is 1. The minimum absolute atomic E-state index is 0.0828. The van der Waals surface area contributed by atoms with Crippen molar-refractivity contribution in [3.8, 4) is 11.5 Å². The van der Waals surface area contributed by atoms with E-state index in [1.165, 1.54) is 39.3 Å². The second-order valence-corrected chi connectivity index (χ2v) is 41.8. The first-order valence-electron chi connectivity index (χ1n) is 49.8. The molecule has 9 saturated carbocycles. The van der Waals surface area contributed by atoms with Crippen molar-refractivity contribution in [1.82, 2.24) is 67.5 Å². The molecule has 9 atom stereocenters. The summed E-state index contributed by atoms with van der Waals surface area (Å²) in [6.45, 7) is 8.15. The number of ether oxygens (including phenoxy) is 1. The number of rotatable bonds is 22. The quantitative estimate of drug-likeness (QED) is 0.0301. The summed E-state index contributed by atoms with van der Waals surface area (Å²) in [6.07, 6.45) is 41.2. The Morgan fingerprint density at radius 2 is 0.842 bits per heavy atom. The monoisotopic (exact) mass is 2020 g/mol. The van der Waals surface area contributed by atoms with Crippen molar-refractivity contribution in [1.29, 1.82) is 0 Å². The molecule has 754 valence electrons. The average molecular weight is 2020 g/mol. The van der Waals surface area contributed by atoms with Gasteiger partial charge in [0.15, 0.2) is 52.0 Å². The lowest BCUT2D eigenvalue weighted by Crippen LogP contribution is -2.51. The lowest BCUT2D eigenvalue weighted by molar-refractivity contribution is -0.128. The number of hydrogen-bond donors (Lipinski definition) is 10. The van der Waals surface area contributed by atoms with E-state index < -0.39 is 50.3 Å². The maximum absolute atomic E-state index is 13.4. The number of nitrogens with zero attached hydrogens (tertiary/aromatic N) is 5. The number of carbonyl (C=O) groups excluding carboxylic acids is 9. The Bertz CT molecular complexity index is 5250. The molecule has 0 saturated heterocycles. The van der Waals surface area contributed by atoms with Gasteiger partial charge in [-0.15, -0.1) is 45.3 Å². The lowest BCUT2D eigenvalue weighted by atomic mass is 9.74. The smallest absolute Gasteiger partial charge is 0.229 e. The summed E-state index contributed by atoms with van der Waals surface area (Å²) in [5, 5.41) is 43.2. The topological polar surface area (TPSA) is 370 Å². The second-order valence-electron chi connectivity index (χ2n) is 37.2. The van der Waals surface area contributed by atoms with Crippen LogP contribution in [0.1, 0.15) is 311 Å². The predicted octanol–water partition coefficient (Wildman–Crippen LogP) is 19.6.